The van der Waals surface area contributed by atoms with Crippen LogP contribution in [0.25, 0.3) is 0 Å². The van der Waals surface area contributed by atoms with Crippen molar-refractivity contribution in [3.63, 3.8) is 0 Å². The minimum absolute atomic E-state index is 0.257. The van der Waals surface area contributed by atoms with Gasteiger partial charge in [0.2, 0.25) is 0 Å². The van der Waals surface area contributed by atoms with Crippen molar-refractivity contribution < 1.29 is 5.11 Å². The highest BCUT2D eigenvalue weighted by Crippen LogP contribution is 2.60. The fourth-order valence-corrected chi connectivity index (χ4v) is 4.37. The Balaban J connectivity index is 1.41. The predicted molar refractivity (Wildman–Crippen MR) is 95.3 cm³/mol. The first-order chi connectivity index (χ1) is 11.1. The van der Waals surface area contributed by atoms with Crippen molar-refractivity contribution in [2.45, 2.75) is 51.5 Å². The molecular formula is C20H32N2O. The number of rotatable bonds is 7. The zero-order valence-corrected chi connectivity index (χ0v) is 14.4. The summed E-state index contributed by atoms with van der Waals surface area (Å²) in [5.74, 6) is 1.11. The highest BCUT2D eigenvalue weighted by Gasteiger charge is 2.53. The molecule has 0 bridgehead atoms. The molecule has 2 atom stereocenters. The van der Waals surface area contributed by atoms with Gasteiger partial charge >= 0.3 is 0 Å². The fourth-order valence-electron chi connectivity index (χ4n) is 4.37. The fraction of sp³-hybridized carbons (Fsp3) is 0.700. The molecule has 3 rings (SSSR count). The molecule has 2 aliphatic carbocycles. The Labute approximate surface area is 140 Å². The lowest BCUT2D eigenvalue weighted by atomic mass is 9.81. The van der Waals surface area contributed by atoms with Crippen LogP contribution in [0.1, 0.15) is 43.2 Å². The molecule has 3 nitrogen and oxygen atoms in total. The van der Waals surface area contributed by atoms with Gasteiger partial charge in [-0.2, -0.15) is 0 Å². The highest BCUT2D eigenvalue weighted by molar-refractivity contribution is 5.21. The maximum Gasteiger partial charge on any atom is 0.0474 e. The number of hydrogen-bond acceptors (Lipinski definition) is 3. The first-order valence-electron chi connectivity index (χ1n) is 9.25. The molecule has 128 valence electrons. The van der Waals surface area contributed by atoms with Crippen molar-refractivity contribution in [3.8, 4) is 0 Å². The van der Waals surface area contributed by atoms with Crippen LogP contribution in [-0.2, 0) is 6.42 Å². The van der Waals surface area contributed by atoms with Crippen LogP contribution in [0.3, 0.4) is 0 Å². The van der Waals surface area contributed by atoms with Crippen LogP contribution >= 0.6 is 0 Å². The summed E-state index contributed by atoms with van der Waals surface area (Å²) in [4.78, 5) is 0. The molecule has 2 aliphatic rings. The van der Waals surface area contributed by atoms with E-state index >= 15 is 0 Å². The third-order valence-corrected chi connectivity index (χ3v) is 6.22. The number of hydrogen-bond donors (Lipinski definition) is 3. The minimum Gasteiger partial charge on any atom is -0.396 e. The van der Waals surface area contributed by atoms with E-state index in [4.69, 9.17) is 5.73 Å². The van der Waals surface area contributed by atoms with Gasteiger partial charge in [-0.1, -0.05) is 29.8 Å². The van der Waals surface area contributed by atoms with E-state index in [1.54, 1.807) is 0 Å². The summed E-state index contributed by atoms with van der Waals surface area (Å²) in [6.07, 6.45) is 7.56. The highest BCUT2D eigenvalue weighted by atomic mass is 16.3. The molecule has 3 heteroatoms. The monoisotopic (exact) mass is 316 g/mol. The minimum atomic E-state index is 0.257. The third kappa shape index (κ3) is 4.14. The number of benzene rings is 1. The Morgan fingerprint density at radius 3 is 2.52 bits per heavy atom. The molecular weight excluding hydrogens is 284 g/mol. The van der Waals surface area contributed by atoms with Gasteiger partial charge in [-0.3, -0.25) is 0 Å². The van der Waals surface area contributed by atoms with Gasteiger partial charge in [0.05, 0.1) is 0 Å². The first-order valence-corrected chi connectivity index (χ1v) is 9.25. The lowest BCUT2D eigenvalue weighted by molar-refractivity contribution is 0.203. The van der Waals surface area contributed by atoms with E-state index in [1.807, 2.05) is 0 Å². The molecule has 1 spiro atoms. The first kappa shape index (κ1) is 16.9. The molecule has 2 fully saturated rings. The molecule has 1 aromatic rings. The van der Waals surface area contributed by atoms with Crippen LogP contribution < -0.4 is 11.1 Å². The molecule has 2 saturated carbocycles. The summed E-state index contributed by atoms with van der Waals surface area (Å²) in [6, 6.07) is 9.31. The average Bonchev–Trinajstić information content (AvgIpc) is 3.27. The second kappa shape index (κ2) is 7.33. The zero-order chi connectivity index (χ0) is 16.3. The molecule has 0 heterocycles. The third-order valence-electron chi connectivity index (χ3n) is 6.22. The number of nitrogens with one attached hydrogen (secondary N) is 1. The van der Waals surface area contributed by atoms with Gasteiger partial charge in [-0.25, -0.2) is 0 Å². The summed E-state index contributed by atoms with van der Waals surface area (Å²) >= 11 is 0. The second-order valence-corrected chi connectivity index (χ2v) is 7.92. The van der Waals surface area contributed by atoms with Crippen LogP contribution in [0.15, 0.2) is 24.3 Å². The zero-order valence-electron chi connectivity index (χ0n) is 14.4. The van der Waals surface area contributed by atoms with E-state index in [1.165, 1.54) is 43.2 Å². The Morgan fingerprint density at radius 1 is 1.26 bits per heavy atom. The number of nitrogens with two attached hydrogens (primary N) is 1. The normalized spacial score (nSPS) is 31.3. The quantitative estimate of drug-likeness (QED) is 0.725. The molecule has 0 aromatic heterocycles. The van der Waals surface area contributed by atoms with Crippen LogP contribution in [0.5, 0.6) is 0 Å². The van der Waals surface area contributed by atoms with Gasteiger partial charge in [-0.15, -0.1) is 0 Å². The topological polar surface area (TPSA) is 58.3 Å². The van der Waals surface area contributed by atoms with Crippen LogP contribution in [0.4, 0.5) is 0 Å². The summed E-state index contributed by atoms with van der Waals surface area (Å²) < 4.78 is 0. The Morgan fingerprint density at radius 2 is 1.96 bits per heavy atom. The molecule has 1 aromatic carbocycles. The van der Waals surface area contributed by atoms with E-state index in [-0.39, 0.29) is 6.61 Å². The van der Waals surface area contributed by atoms with Crippen LogP contribution in [0, 0.1) is 24.2 Å². The maximum absolute atomic E-state index is 9.68. The Hall–Kier alpha value is -0.900. The van der Waals surface area contributed by atoms with Crippen molar-refractivity contribution in [2.75, 3.05) is 19.7 Å². The smallest absolute Gasteiger partial charge is 0.0474 e. The van der Waals surface area contributed by atoms with Crippen molar-refractivity contribution >= 4 is 0 Å². The maximum atomic E-state index is 9.68. The summed E-state index contributed by atoms with van der Waals surface area (Å²) in [5.41, 5.74) is 9.06. The van der Waals surface area contributed by atoms with Gasteiger partial charge in [0, 0.05) is 19.2 Å². The molecule has 0 saturated heterocycles. The molecule has 0 radical (unpaired) electrons. The SMILES string of the molecule is Cc1ccc(CC(CO)CNC2CCC3(CC2)CC3CN)cc1. The largest absolute Gasteiger partial charge is 0.396 e. The van der Waals surface area contributed by atoms with Gasteiger partial charge < -0.3 is 16.2 Å². The predicted octanol–water partition coefficient (Wildman–Crippen LogP) is 2.64. The van der Waals surface area contributed by atoms with Crippen molar-refractivity contribution in [1.29, 1.82) is 0 Å². The molecule has 0 aliphatic heterocycles. The number of aryl methyl sites for hydroxylation is 1. The van der Waals surface area contributed by atoms with Gasteiger partial charge in [0.15, 0.2) is 0 Å². The lowest BCUT2D eigenvalue weighted by Gasteiger charge is -2.31. The second-order valence-electron chi connectivity index (χ2n) is 7.92. The molecule has 2 unspecified atom stereocenters. The van der Waals surface area contributed by atoms with Gasteiger partial charge in [-0.05, 0) is 74.8 Å². The standard InChI is InChI=1S/C20H32N2O/c1-15-2-4-16(5-3-15)10-17(14-23)13-22-19-6-8-20(9-7-19)11-18(20)12-21/h2-5,17-19,22-23H,6-14,21H2,1H3. The van der Waals surface area contributed by atoms with E-state index in [9.17, 15) is 5.11 Å². The van der Waals surface area contributed by atoms with Gasteiger partial charge in [0.1, 0.15) is 0 Å². The van der Waals surface area contributed by atoms with Crippen molar-refractivity contribution in [1.82, 2.24) is 5.32 Å². The number of aliphatic hydroxyl groups excluding tert-OH is 1. The molecule has 23 heavy (non-hydrogen) atoms. The summed E-state index contributed by atoms with van der Waals surface area (Å²) in [6.45, 7) is 4.16. The Kier molecular flexibility index (Phi) is 5.40. The molecule has 4 N–H and O–H groups in total. The number of aliphatic hydroxyl groups is 1. The van der Waals surface area contributed by atoms with Crippen molar-refractivity contribution in [3.05, 3.63) is 35.4 Å². The average molecular weight is 316 g/mol. The van der Waals surface area contributed by atoms with Gasteiger partial charge in [0.25, 0.3) is 0 Å². The van der Waals surface area contributed by atoms with Crippen molar-refractivity contribution in [2.24, 2.45) is 23.0 Å². The van der Waals surface area contributed by atoms with E-state index in [0.717, 1.165) is 25.4 Å². The van der Waals surface area contributed by atoms with E-state index in [2.05, 4.69) is 36.5 Å². The van der Waals surface area contributed by atoms with E-state index < -0.39 is 0 Å². The van der Waals surface area contributed by atoms with Crippen LogP contribution in [0.2, 0.25) is 0 Å². The lowest BCUT2D eigenvalue weighted by Crippen LogP contribution is -2.38. The van der Waals surface area contributed by atoms with E-state index in [0.29, 0.717) is 17.4 Å². The summed E-state index contributed by atoms with van der Waals surface area (Å²) in [5, 5.41) is 13.4. The molecule has 0 amide bonds. The van der Waals surface area contributed by atoms with Crippen LogP contribution in [-0.4, -0.2) is 30.8 Å². The Bertz CT molecular complexity index is 491. The summed E-state index contributed by atoms with van der Waals surface area (Å²) in [7, 11) is 0.